The number of Topliss-reactive ketones (excluding diaryl/α,β-unsaturated/α-hetero) is 1. The van der Waals surface area contributed by atoms with Gasteiger partial charge in [0.25, 0.3) is 0 Å². The van der Waals surface area contributed by atoms with Crippen molar-refractivity contribution in [2.24, 2.45) is 47.3 Å². The minimum atomic E-state index is 0.513. The number of fused-ring (bicyclic) bond motifs is 2. The Morgan fingerprint density at radius 3 is 2.69 bits per heavy atom. The summed E-state index contributed by atoms with van der Waals surface area (Å²) in [4.78, 5) is 12.7. The fourth-order valence-corrected chi connectivity index (χ4v) is 7.45. The van der Waals surface area contributed by atoms with Crippen molar-refractivity contribution < 1.29 is 4.79 Å². The smallest absolute Gasteiger partial charge is 0.140 e. The summed E-state index contributed by atoms with van der Waals surface area (Å²) in [6.45, 7) is 0. The van der Waals surface area contributed by atoms with Gasteiger partial charge in [0.2, 0.25) is 0 Å². The minimum Gasteiger partial charge on any atom is -0.299 e. The van der Waals surface area contributed by atoms with E-state index in [1.54, 1.807) is 0 Å². The summed E-state index contributed by atoms with van der Waals surface area (Å²) in [6, 6.07) is 0. The third-order valence-corrected chi connectivity index (χ3v) is 7.24. The molecule has 0 aliphatic heterocycles. The molecule has 5 saturated carbocycles. The van der Waals surface area contributed by atoms with Gasteiger partial charge < -0.3 is 0 Å². The van der Waals surface area contributed by atoms with Gasteiger partial charge in [-0.2, -0.15) is 0 Å². The van der Waals surface area contributed by atoms with E-state index in [9.17, 15) is 4.79 Å². The van der Waals surface area contributed by atoms with E-state index < -0.39 is 0 Å². The Morgan fingerprint density at radius 2 is 1.85 bits per heavy atom. The van der Waals surface area contributed by atoms with Crippen molar-refractivity contribution in [2.75, 3.05) is 0 Å². The zero-order chi connectivity index (χ0) is 8.48. The van der Waals surface area contributed by atoms with Crippen molar-refractivity contribution in [1.82, 2.24) is 0 Å². The minimum absolute atomic E-state index is 0.513. The summed E-state index contributed by atoms with van der Waals surface area (Å²) in [5, 5.41) is 0. The van der Waals surface area contributed by atoms with Crippen LogP contribution in [0.25, 0.3) is 0 Å². The fraction of sp³-hybridized carbons (Fsp3) is 0.909. The molecule has 0 N–H and O–H groups in total. The highest BCUT2D eigenvalue weighted by atomic mass is 79.9. The second-order valence-corrected chi connectivity index (χ2v) is 6.83. The van der Waals surface area contributed by atoms with Crippen LogP contribution < -0.4 is 0 Å². The summed E-state index contributed by atoms with van der Waals surface area (Å²) in [5.74, 6) is 6.90. The SMILES string of the molecule is O=C1[C@@H]2[C@@H]3C[C@@H]4C5[C@H]3[C@H]1[C@@H]5[C@H](Br)[C@@H]24. The molecule has 0 aromatic heterocycles. The molecule has 68 valence electrons. The molecule has 9 atom stereocenters. The Bertz CT molecular complexity index is 352. The van der Waals surface area contributed by atoms with Gasteiger partial charge in [-0.05, 0) is 41.9 Å². The quantitative estimate of drug-likeness (QED) is 0.588. The van der Waals surface area contributed by atoms with Crippen LogP contribution in [0.2, 0.25) is 0 Å². The van der Waals surface area contributed by atoms with E-state index in [-0.39, 0.29) is 0 Å². The van der Waals surface area contributed by atoms with E-state index in [1.807, 2.05) is 0 Å². The molecule has 0 spiro atoms. The largest absolute Gasteiger partial charge is 0.299 e. The standard InChI is InChI=1S/C11H11BrO/c12-10-6-2-1-3-5-4(2)8(10)9(5)11(13)7(3)6/h2-10H,1H2/t2-,3-,4?,5+,6-,7-,8-,9+,10-/m1/s1. The van der Waals surface area contributed by atoms with Crippen molar-refractivity contribution >= 4 is 21.7 Å². The lowest BCUT2D eigenvalue weighted by molar-refractivity contribution is -0.132. The Labute approximate surface area is 85.4 Å². The molecule has 13 heavy (non-hydrogen) atoms. The topological polar surface area (TPSA) is 17.1 Å². The molecule has 0 saturated heterocycles. The molecule has 1 nitrogen and oxygen atoms in total. The Morgan fingerprint density at radius 1 is 1.00 bits per heavy atom. The first kappa shape index (κ1) is 6.60. The van der Waals surface area contributed by atoms with Crippen LogP contribution in [0, 0.1) is 47.3 Å². The molecule has 0 amide bonds. The third-order valence-electron chi connectivity index (χ3n) is 6.01. The second-order valence-electron chi connectivity index (χ2n) is 5.77. The van der Waals surface area contributed by atoms with Crippen LogP contribution in [0.5, 0.6) is 0 Å². The number of alkyl halides is 1. The van der Waals surface area contributed by atoms with Crippen LogP contribution in [-0.2, 0) is 4.79 Å². The number of ketones is 1. The average Bonchev–Trinajstić information content (AvgIpc) is 2.52. The lowest BCUT2D eigenvalue weighted by atomic mass is 9.59. The molecular formula is C11H11BrO. The van der Waals surface area contributed by atoms with Crippen molar-refractivity contribution in [2.45, 2.75) is 11.2 Å². The van der Waals surface area contributed by atoms with Gasteiger partial charge >= 0.3 is 0 Å². The highest BCUT2D eigenvalue weighted by molar-refractivity contribution is 9.09. The Kier molecular flexibility index (Phi) is 0.790. The van der Waals surface area contributed by atoms with Gasteiger partial charge in [-0.15, -0.1) is 0 Å². The molecule has 0 radical (unpaired) electrons. The predicted octanol–water partition coefficient (Wildman–Crippen LogP) is 1.71. The van der Waals surface area contributed by atoms with Gasteiger partial charge in [-0.3, -0.25) is 4.79 Å². The van der Waals surface area contributed by atoms with Crippen LogP contribution in [0.4, 0.5) is 0 Å². The summed E-state index contributed by atoms with van der Waals surface area (Å²) < 4.78 is 0. The third kappa shape index (κ3) is 0.397. The Balaban J connectivity index is 1.87. The molecule has 0 aromatic carbocycles. The van der Waals surface area contributed by atoms with E-state index >= 15 is 0 Å². The first-order valence-corrected chi connectivity index (χ1v) is 6.40. The first-order chi connectivity index (χ1) is 6.30. The number of halogens is 1. The molecule has 2 bridgehead atoms. The summed E-state index contributed by atoms with van der Waals surface area (Å²) in [6.07, 6.45) is 1.41. The highest BCUT2D eigenvalue weighted by Gasteiger charge is 2.83. The molecule has 5 aliphatic carbocycles. The fourth-order valence-electron chi connectivity index (χ4n) is 6.05. The van der Waals surface area contributed by atoms with Crippen LogP contribution >= 0.6 is 15.9 Å². The van der Waals surface area contributed by atoms with E-state index in [2.05, 4.69) is 15.9 Å². The highest BCUT2D eigenvalue weighted by Crippen LogP contribution is 2.82. The maximum Gasteiger partial charge on any atom is 0.140 e. The summed E-state index contributed by atoms with van der Waals surface area (Å²) in [5.41, 5.74) is 0. The van der Waals surface area contributed by atoms with Gasteiger partial charge in [0, 0.05) is 16.7 Å². The second kappa shape index (κ2) is 1.56. The van der Waals surface area contributed by atoms with Gasteiger partial charge in [0.1, 0.15) is 5.78 Å². The molecule has 2 heteroatoms. The van der Waals surface area contributed by atoms with Gasteiger partial charge in [-0.25, -0.2) is 0 Å². The molecule has 0 aromatic rings. The van der Waals surface area contributed by atoms with Crippen LogP contribution in [0.15, 0.2) is 0 Å². The molecule has 5 aliphatic rings. The Hall–Kier alpha value is 0.150. The number of rotatable bonds is 0. The predicted molar refractivity (Wildman–Crippen MR) is 50.3 cm³/mol. The monoisotopic (exact) mass is 238 g/mol. The average molecular weight is 239 g/mol. The molecule has 5 rings (SSSR count). The van der Waals surface area contributed by atoms with E-state index in [4.69, 9.17) is 0 Å². The van der Waals surface area contributed by atoms with Crippen LogP contribution in [0.3, 0.4) is 0 Å². The lowest BCUT2D eigenvalue weighted by Gasteiger charge is -2.45. The molecule has 0 heterocycles. The van der Waals surface area contributed by atoms with E-state index in [0.717, 1.165) is 40.3 Å². The van der Waals surface area contributed by atoms with Crippen molar-refractivity contribution in [3.63, 3.8) is 0 Å². The summed E-state index contributed by atoms with van der Waals surface area (Å²) in [7, 11) is 0. The van der Waals surface area contributed by atoms with Crippen LogP contribution in [0.1, 0.15) is 6.42 Å². The zero-order valence-corrected chi connectivity index (χ0v) is 8.78. The van der Waals surface area contributed by atoms with Crippen molar-refractivity contribution in [3.05, 3.63) is 0 Å². The van der Waals surface area contributed by atoms with Crippen molar-refractivity contribution in [1.29, 1.82) is 0 Å². The number of carbonyl (C=O) groups excluding carboxylic acids is 1. The normalized spacial score (nSPS) is 79.8. The van der Waals surface area contributed by atoms with E-state index in [1.165, 1.54) is 6.42 Å². The van der Waals surface area contributed by atoms with Crippen LogP contribution in [-0.4, -0.2) is 10.6 Å². The van der Waals surface area contributed by atoms with Crippen molar-refractivity contribution in [3.8, 4) is 0 Å². The number of hydrogen-bond donors (Lipinski definition) is 0. The zero-order valence-electron chi connectivity index (χ0n) is 7.19. The first-order valence-electron chi connectivity index (χ1n) is 5.48. The molecule has 5 fully saturated rings. The number of hydrogen-bond acceptors (Lipinski definition) is 1. The molecular weight excluding hydrogens is 228 g/mol. The lowest BCUT2D eigenvalue weighted by Crippen LogP contribution is -2.48. The number of carbonyl (C=O) groups is 1. The van der Waals surface area contributed by atoms with Gasteiger partial charge in [-0.1, -0.05) is 15.9 Å². The molecule has 1 unspecified atom stereocenters. The maximum atomic E-state index is 12.0. The summed E-state index contributed by atoms with van der Waals surface area (Å²) >= 11 is 3.86. The van der Waals surface area contributed by atoms with Gasteiger partial charge in [0.15, 0.2) is 0 Å². The van der Waals surface area contributed by atoms with E-state index in [0.29, 0.717) is 17.6 Å². The van der Waals surface area contributed by atoms with Gasteiger partial charge in [0.05, 0.1) is 0 Å². The maximum absolute atomic E-state index is 12.0.